The third-order valence-corrected chi connectivity index (χ3v) is 1.46. The van der Waals surface area contributed by atoms with E-state index in [2.05, 4.69) is 4.98 Å². The minimum absolute atomic E-state index is 0.00639. The van der Waals surface area contributed by atoms with Crippen LogP contribution in [-0.4, -0.2) is 4.98 Å². The normalized spacial score (nSPS) is 9.80. The second kappa shape index (κ2) is 2.88. The number of alkyl halides is 1. The molecule has 0 aliphatic rings. The average molecular weight is 158 g/mol. The Morgan fingerprint density at radius 3 is 2.80 bits per heavy atom. The maximum Gasteiger partial charge on any atom is 0.182 e. The summed E-state index contributed by atoms with van der Waals surface area (Å²) >= 11 is 5.50. The summed E-state index contributed by atoms with van der Waals surface area (Å²) in [6.45, 7) is 1.83. The Kier molecular flexibility index (Phi) is 2.12. The number of halogens is 1. The van der Waals surface area contributed by atoms with Gasteiger partial charge in [-0.05, 0) is 6.92 Å². The SMILES string of the molecule is Cc1cc(=O)cc(CCl)[nH]1. The fourth-order valence-corrected chi connectivity index (χ4v) is 0.968. The monoisotopic (exact) mass is 157 g/mol. The van der Waals surface area contributed by atoms with Gasteiger partial charge in [-0.3, -0.25) is 4.79 Å². The van der Waals surface area contributed by atoms with Crippen LogP contribution in [-0.2, 0) is 5.88 Å². The van der Waals surface area contributed by atoms with E-state index in [9.17, 15) is 4.79 Å². The third kappa shape index (κ3) is 1.61. The number of nitrogens with one attached hydrogen (secondary N) is 1. The van der Waals surface area contributed by atoms with E-state index in [1.165, 1.54) is 12.1 Å². The number of aryl methyl sites for hydroxylation is 1. The van der Waals surface area contributed by atoms with Gasteiger partial charge in [0, 0.05) is 23.5 Å². The highest BCUT2D eigenvalue weighted by atomic mass is 35.5. The van der Waals surface area contributed by atoms with E-state index in [1.807, 2.05) is 6.92 Å². The molecule has 3 heteroatoms. The van der Waals surface area contributed by atoms with Crippen LogP contribution in [0.25, 0.3) is 0 Å². The van der Waals surface area contributed by atoms with Crippen molar-refractivity contribution in [1.82, 2.24) is 4.98 Å². The summed E-state index contributed by atoms with van der Waals surface area (Å²) in [5.74, 6) is 0.358. The van der Waals surface area contributed by atoms with Crippen LogP contribution in [0.15, 0.2) is 16.9 Å². The maximum absolute atomic E-state index is 10.8. The zero-order chi connectivity index (χ0) is 7.56. The molecule has 0 aliphatic carbocycles. The number of aromatic amines is 1. The first-order valence-corrected chi connectivity index (χ1v) is 3.51. The predicted octanol–water partition coefficient (Wildman–Crippen LogP) is 1.42. The summed E-state index contributed by atoms with van der Waals surface area (Å²) in [5, 5.41) is 0. The largest absolute Gasteiger partial charge is 0.361 e. The topological polar surface area (TPSA) is 32.9 Å². The Bertz CT molecular complexity index is 279. The van der Waals surface area contributed by atoms with Crippen molar-refractivity contribution in [1.29, 1.82) is 0 Å². The summed E-state index contributed by atoms with van der Waals surface area (Å²) in [4.78, 5) is 13.8. The first-order valence-electron chi connectivity index (χ1n) is 2.98. The van der Waals surface area contributed by atoms with Gasteiger partial charge in [0.2, 0.25) is 0 Å². The smallest absolute Gasteiger partial charge is 0.182 e. The predicted molar refractivity (Wildman–Crippen MR) is 41.4 cm³/mol. The molecule has 0 fully saturated rings. The van der Waals surface area contributed by atoms with Gasteiger partial charge in [0.1, 0.15) is 0 Å². The lowest BCUT2D eigenvalue weighted by atomic mass is 10.3. The van der Waals surface area contributed by atoms with Crippen LogP contribution in [0.5, 0.6) is 0 Å². The van der Waals surface area contributed by atoms with Gasteiger partial charge in [-0.25, -0.2) is 0 Å². The molecule has 1 aromatic heterocycles. The van der Waals surface area contributed by atoms with E-state index in [-0.39, 0.29) is 5.43 Å². The van der Waals surface area contributed by atoms with Crippen molar-refractivity contribution in [2.45, 2.75) is 12.8 Å². The number of rotatable bonds is 1. The van der Waals surface area contributed by atoms with Crippen LogP contribution in [0.4, 0.5) is 0 Å². The summed E-state index contributed by atoms with van der Waals surface area (Å²) in [5.41, 5.74) is 1.63. The molecule has 0 spiro atoms. The lowest BCUT2D eigenvalue weighted by molar-refractivity contribution is 1.09. The van der Waals surface area contributed by atoms with Crippen molar-refractivity contribution in [3.63, 3.8) is 0 Å². The molecule has 1 heterocycles. The molecule has 1 N–H and O–H groups in total. The molecule has 1 aromatic rings. The molecule has 0 unspecified atom stereocenters. The van der Waals surface area contributed by atoms with E-state index in [0.717, 1.165) is 11.4 Å². The van der Waals surface area contributed by atoms with Crippen molar-refractivity contribution in [2.24, 2.45) is 0 Å². The third-order valence-electron chi connectivity index (χ3n) is 1.18. The van der Waals surface area contributed by atoms with Crippen molar-refractivity contribution in [2.75, 3.05) is 0 Å². The zero-order valence-corrected chi connectivity index (χ0v) is 6.40. The van der Waals surface area contributed by atoms with Crippen molar-refractivity contribution in [3.8, 4) is 0 Å². The Morgan fingerprint density at radius 1 is 1.60 bits per heavy atom. The molecule has 1 rings (SSSR count). The molecule has 0 aromatic carbocycles. The maximum atomic E-state index is 10.8. The Balaban J connectivity index is 3.19. The summed E-state index contributed by atoms with van der Waals surface area (Å²) < 4.78 is 0. The molecule has 0 bridgehead atoms. The van der Waals surface area contributed by atoms with E-state index in [0.29, 0.717) is 5.88 Å². The van der Waals surface area contributed by atoms with Crippen LogP contribution < -0.4 is 5.43 Å². The lowest BCUT2D eigenvalue weighted by Crippen LogP contribution is -2.02. The number of pyridine rings is 1. The molecule has 2 nitrogen and oxygen atoms in total. The fourth-order valence-electron chi connectivity index (χ4n) is 0.824. The van der Waals surface area contributed by atoms with E-state index < -0.39 is 0 Å². The highest BCUT2D eigenvalue weighted by Gasteiger charge is 1.92. The van der Waals surface area contributed by atoms with Gasteiger partial charge in [-0.2, -0.15) is 0 Å². The second-order valence-corrected chi connectivity index (χ2v) is 2.43. The standard InChI is InChI=1S/C7H8ClNO/c1-5-2-7(10)3-6(4-8)9-5/h2-3H,4H2,1H3,(H,9,10). The van der Waals surface area contributed by atoms with E-state index >= 15 is 0 Å². The van der Waals surface area contributed by atoms with Gasteiger partial charge >= 0.3 is 0 Å². The van der Waals surface area contributed by atoms with Gasteiger partial charge < -0.3 is 4.98 Å². The first-order chi connectivity index (χ1) is 4.72. The number of aromatic nitrogens is 1. The van der Waals surface area contributed by atoms with Gasteiger partial charge in [-0.1, -0.05) is 0 Å². The van der Waals surface area contributed by atoms with Crippen LogP contribution in [0.1, 0.15) is 11.4 Å². The second-order valence-electron chi connectivity index (χ2n) is 2.16. The van der Waals surface area contributed by atoms with Crippen LogP contribution in [0.3, 0.4) is 0 Å². The van der Waals surface area contributed by atoms with Gasteiger partial charge in [-0.15, -0.1) is 11.6 Å². The molecule has 0 amide bonds. The zero-order valence-electron chi connectivity index (χ0n) is 5.65. The molecule has 0 radical (unpaired) electrons. The highest BCUT2D eigenvalue weighted by Crippen LogP contribution is 1.96. The molecule has 0 aliphatic heterocycles. The Morgan fingerprint density at radius 2 is 2.30 bits per heavy atom. The first kappa shape index (κ1) is 7.35. The molecule has 54 valence electrons. The van der Waals surface area contributed by atoms with Crippen molar-refractivity contribution < 1.29 is 0 Å². The minimum Gasteiger partial charge on any atom is -0.361 e. The number of hydrogen-bond donors (Lipinski definition) is 1. The molecular weight excluding hydrogens is 150 g/mol. The molecular formula is C7H8ClNO. The van der Waals surface area contributed by atoms with Gasteiger partial charge in [0.05, 0.1) is 5.88 Å². The lowest BCUT2D eigenvalue weighted by Gasteiger charge is -1.95. The molecule has 0 atom stereocenters. The van der Waals surface area contributed by atoms with Crippen molar-refractivity contribution in [3.05, 3.63) is 33.7 Å². The van der Waals surface area contributed by atoms with Crippen LogP contribution in [0, 0.1) is 6.92 Å². The average Bonchev–Trinajstić information content (AvgIpc) is 1.85. The summed E-state index contributed by atoms with van der Waals surface area (Å²) in [6, 6.07) is 3.04. The van der Waals surface area contributed by atoms with E-state index in [1.54, 1.807) is 0 Å². The Hall–Kier alpha value is -0.760. The summed E-state index contributed by atoms with van der Waals surface area (Å²) in [6.07, 6.45) is 0. The quantitative estimate of drug-likeness (QED) is 0.615. The summed E-state index contributed by atoms with van der Waals surface area (Å²) in [7, 11) is 0. The van der Waals surface area contributed by atoms with Crippen molar-refractivity contribution >= 4 is 11.6 Å². The van der Waals surface area contributed by atoms with Crippen LogP contribution >= 0.6 is 11.6 Å². The Labute approximate surface area is 63.8 Å². The molecule has 0 saturated carbocycles. The van der Waals surface area contributed by atoms with E-state index in [4.69, 9.17) is 11.6 Å². The highest BCUT2D eigenvalue weighted by molar-refractivity contribution is 6.16. The molecule has 10 heavy (non-hydrogen) atoms. The van der Waals surface area contributed by atoms with Gasteiger partial charge in [0.15, 0.2) is 5.43 Å². The fraction of sp³-hybridized carbons (Fsp3) is 0.286. The number of hydrogen-bond acceptors (Lipinski definition) is 1. The molecule has 0 saturated heterocycles. The van der Waals surface area contributed by atoms with Gasteiger partial charge in [0.25, 0.3) is 0 Å². The number of H-pyrrole nitrogens is 1. The van der Waals surface area contributed by atoms with Crippen LogP contribution in [0.2, 0.25) is 0 Å². The minimum atomic E-state index is 0.00639.